The van der Waals surface area contributed by atoms with Crippen molar-refractivity contribution < 1.29 is 14.6 Å². The SMILES string of the molecule is CCCCNc1nc(N)nc2cn(Cc3ccc(Oc4ccc(CNCCO)cc4)cc3OC)nc12. The fraction of sp³-hybridized carbons (Fsp3) is 0.346. The highest BCUT2D eigenvalue weighted by Crippen LogP contribution is 2.30. The summed E-state index contributed by atoms with van der Waals surface area (Å²) in [5, 5.41) is 20.0. The number of methoxy groups -OCH3 is 1. The number of benzene rings is 2. The van der Waals surface area contributed by atoms with Gasteiger partial charge in [-0.2, -0.15) is 10.1 Å². The van der Waals surface area contributed by atoms with Gasteiger partial charge in [0.05, 0.1) is 26.5 Å². The number of aromatic nitrogens is 4. The summed E-state index contributed by atoms with van der Waals surface area (Å²) in [7, 11) is 1.64. The van der Waals surface area contributed by atoms with E-state index in [9.17, 15) is 0 Å². The van der Waals surface area contributed by atoms with Crippen molar-refractivity contribution in [1.82, 2.24) is 25.1 Å². The third kappa shape index (κ3) is 6.41. The molecule has 0 amide bonds. The van der Waals surface area contributed by atoms with Crippen LogP contribution in [0.5, 0.6) is 17.2 Å². The molecule has 10 heteroatoms. The van der Waals surface area contributed by atoms with Gasteiger partial charge in [-0.3, -0.25) is 4.68 Å². The molecular weight excluding hydrogens is 458 g/mol. The highest BCUT2D eigenvalue weighted by Gasteiger charge is 2.13. The van der Waals surface area contributed by atoms with Crippen LogP contribution in [0.25, 0.3) is 11.0 Å². The van der Waals surface area contributed by atoms with E-state index in [0.29, 0.717) is 48.0 Å². The Morgan fingerprint density at radius 2 is 1.86 bits per heavy atom. The van der Waals surface area contributed by atoms with Crippen molar-refractivity contribution in [1.29, 1.82) is 0 Å². The minimum absolute atomic E-state index is 0.121. The number of nitrogens with zero attached hydrogens (tertiary/aromatic N) is 4. The van der Waals surface area contributed by atoms with Crippen LogP contribution in [0.3, 0.4) is 0 Å². The molecule has 2 aromatic carbocycles. The number of unbranched alkanes of at least 4 members (excludes halogenated alkanes) is 1. The number of fused-ring (bicyclic) bond motifs is 1. The van der Waals surface area contributed by atoms with Crippen molar-refractivity contribution in [3.05, 3.63) is 59.8 Å². The van der Waals surface area contributed by atoms with Gasteiger partial charge < -0.3 is 30.9 Å². The third-order valence-electron chi connectivity index (χ3n) is 5.62. The van der Waals surface area contributed by atoms with Crippen LogP contribution in [0.15, 0.2) is 48.7 Å². The van der Waals surface area contributed by atoms with Gasteiger partial charge in [-0.15, -0.1) is 0 Å². The first-order valence-corrected chi connectivity index (χ1v) is 12.1. The summed E-state index contributed by atoms with van der Waals surface area (Å²) in [5.41, 5.74) is 9.35. The molecule has 0 unspecified atom stereocenters. The Balaban J connectivity index is 1.47. The molecule has 0 aliphatic rings. The summed E-state index contributed by atoms with van der Waals surface area (Å²) in [5.74, 6) is 2.97. The van der Waals surface area contributed by atoms with Crippen LogP contribution in [-0.2, 0) is 13.1 Å². The van der Waals surface area contributed by atoms with E-state index < -0.39 is 0 Å². The van der Waals surface area contributed by atoms with Gasteiger partial charge in [0.15, 0.2) is 11.3 Å². The molecule has 0 aliphatic carbocycles. The lowest BCUT2D eigenvalue weighted by atomic mass is 10.2. The molecule has 0 fully saturated rings. The number of aliphatic hydroxyl groups excluding tert-OH is 1. The van der Waals surface area contributed by atoms with E-state index in [1.807, 2.05) is 53.3 Å². The number of rotatable bonds is 13. The quantitative estimate of drug-likeness (QED) is 0.207. The molecule has 0 aliphatic heterocycles. The van der Waals surface area contributed by atoms with Crippen LogP contribution in [0, 0.1) is 0 Å². The standard InChI is InChI=1S/C26H33N7O3/c1-3-4-11-29-25-24-22(30-26(27)31-25)17-33(32-24)16-19-7-10-21(14-23(19)35-2)36-20-8-5-18(6-9-20)15-28-12-13-34/h5-10,14,17,28,34H,3-4,11-13,15-16H2,1-2H3,(H3,27,29,30,31). The summed E-state index contributed by atoms with van der Waals surface area (Å²) in [6.45, 7) is 4.81. The zero-order chi connectivity index (χ0) is 25.3. The van der Waals surface area contributed by atoms with Crippen molar-refractivity contribution in [3.63, 3.8) is 0 Å². The van der Waals surface area contributed by atoms with Gasteiger partial charge in [0, 0.05) is 31.3 Å². The van der Waals surface area contributed by atoms with Crippen LogP contribution >= 0.6 is 0 Å². The summed E-state index contributed by atoms with van der Waals surface area (Å²) >= 11 is 0. The summed E-state index contributed by atoms with van der Waals surface area (Å²) < 4.78 is 13.5. The zero-order valence-corrected chi connectivity index (χ0v) is 20.7. The Morgan fingerprint density at radius 1 is 1.06 bits per heavy atom. The smallest absolute Gasteiger partial charge is 0.222 e. The topological polar surface area (TPSA) is 132 Å². The lowest BCUT2D eigenvalue weighted by Gasteiger charge is -2.12. The van der Waals surface area contributed by atoms with E-state index in [2.05, 4.69) is 27.5 Å². The van der Waals surface area contributed by atoms with Crippen molar-refractivity contribution in [3.8, 4) is 17.2 Å². The maximum absolute atomic E-state index is 8.88. The number of nitrogens with two attached hydrogens (primary N) is 1. The summed E-state index contributed by atoms with van der Waals surface area (Å²) in [4.78, 5) is 8.66. The van der Waals surface area contributed by atoms with Crippen LogP contribution in [0.4, 0.5) is 11.8 Å². The molecule has 10 nitrogen and oxygen atoms in total. The van der Waals surface area contributed by atoms with E-state index in [-0.39, 0.29) is 12.6 Å². The molecule has 36 heavy (non-hydrogen) atoms. The monoisotopic (exact) mass is 491 g/mol. The summed E-state index contributed by atoms with van der Waals surface area (Å²) in [6.07, 6.45) is 3.97. The average molecular weight is 492 g/mol. The number of hydrogen-bond acceptors (Lipinski definition) is 9. The van der Waals surface area contributed by atoms with Gasteiger partial charge in [0.1, 0.15) is 22.8 Å². The summed E-state index contributed by atoms with van der Waals surface area (Å²) in [6, 6.07) is 13.6. The molecule has 0 saturated carbocycles. The Labute approximate surface area is 210 Å². The van der Waals surface area contributed by atoms with Gasteiger partial charge in [-0.1, -0.05) is 25.5 Å². The number of ether oxygens (including phenoxy) is 2. The lowest BCUT2D eigenvalue weighted by Crippen LogP contribution is -2.17. The van der Waals surface area contributed by atoms with Gasteiger partial charge in [0.25, 0.3) is 0 Å². The van der Waals surface area contributed by atoms with E-state index in [0.717, 1.165) is 36.3 Å². The van der Waals surface area contributed by atoms with Gasteiger partial charge in [-0.25, -0.2) is 4.98 Å². The Hall–Kier alpha value is -3.89. The van der Waals surface area contributed by atoms with E-state index in [1.54, 1.807) is 7.11 Å². The van der Waals surface area contributed by atoms with Gasteiger partial charge in [0.2, 0.25) is 5.95 Å². The Morgan fingerprint density at radius 3 is 2.61 bits per heavy atom. The van der Waals surface area contributed by atoms with Crippen LogP contribution < -0.4 is 25.8 Å². The molecule has 0 atom stereocenters. The minimum Gasteiger partial charge on any atom is -0.496 e. The first-order chi connectivity index (χ1) is 17.6. The molecule has 0 spiro atoms. The molecule has 190 valence electrons. The number of aliphatic hydroxyl groups is 1. The number of nitrogen functional groups attached to an aromatic ring is 1. The molecule has 0 bridgehead atoms. The van der Waals surface area contributed by atoms with Crippen molar-refractivity contribution in [2.24, 2.45) is 0 Å². The van der Waals surface area contributed by atoms with Gasteiger partial charge >= 0.3 is 0 Å². The van der Waals surface area contributed by atoms with E-state index >= 15 is 0 Å². The first kappa shape index (κ1) is 25.2. The van der Waals surface area contributed by atoms with Crippen LogP contribution in [0.1, 0.15) is 30.9 Å². The van der Waals surface area contributed by atoms with E-state index in [4.69, 9.17) is 25.4 Å². The van der Waals surface area contributed by atoms with Crippen molar-refractivity contribution >= 4 is 22.8 Å². The number of nitrogens with one attached hydrogen (secondary N) is 2. The average Bonchev–Trinajstić information content (AvgIpc) is 3.28. The molecule has 5 N–H and O–H groups in total. The van der Waals surface area contributed by atoms with E-state index in [1.165, 1.54) is 0 Å². The Kier molecular flexibility index (Phi) is 8.53. The number of hydrogen-bond donors (Lipinski definition) is 4. The highest BCUT2D eigenvalue weighted by molar-refractivity contribution is 5.85. The molecule has 2 heterocycles. The van der Waals surface area contributed by atoms with Crippen molar-refractivity contribution in [2.75, 3.05) is 37.9 Å². The maximum Gasteiger partial charge on any atom is 0.222 e. The van der Waals surface area contributed by atoms with Crippen molar-refractivity contribution in [2.45, 2.75) is 32.9 Å². The predicted molar refractivity (Wildman–Crippen MR) is 141 cm³/mol. The lowest BCUT2D eigenvalue weighted by molar-refractivity contribution is 0.292. The first-order valence-electron chi connectivity index (χ1n) is 12.1. The van der Waals surface area contributed by atoms with Crippen LogP contribution in [0.2, 0.25) is 0 Å². The second-order valence-corrected chi connectivity index (χ2v) is 8.39. The fourth-order valence-electron chi connectivity index (χ4n) is 3.78. The van der Waals surface area contributed by atoms with Crippen LogP contribution in [-0.4, -0.2) is 51.7 Å². The zero-order valence-electron chi connectivity index (χ0n) is 20.7. The Bertz CT molecular complexity index is 1270. The minimum atomic E-state index is 0.121. The normalized spacial score (nSPS) is 11.1. The molecule has 0 radical (unpaired) electrons. The third-order valence-corrected chi connectivity index (χ3v) is 5.62. The predicted octanol–water partition coefficient (Wildman–Crippen LogP) is 3.55. The second-order valence-electron chi connectivity index (χ2n) is 8.39. The molecule has 4 aromatic rings. The maximum atomic E-state index is 8.88. The number of anilines is 2. The largest absolute Gasteiger partial charge is 0.496 e. The molecular formula is C26H33N7O3. The molecule has 2 aromatic heterocycles. The molecule has 0 saturated heterocycles. The second kappa shape index (κ2) is 12.2. The fourth-order valence-corrected chi connectivity index (χ4v) is 3.78. The highest BCUT2D eigenvalue weighted by atomic mass is 16.5. The molecule has 4 rings (SSSR count). The van der Waals surface area contributed by atoms with Gasteiger partial charge in [-0.05, 0) is 36.2 Å².